The number of rotatable bonds is 5. The van der Waals surface area contributed by atoms with Crippen molar-refractivity contribution in [1.29, 1.82) is 0 Å². The van der Waals surface area contributed by atoms with Gasteiger partial charge in [0.25, 0.3) is 5.91 Å². The maximum Gasteiger partial charge on any atom is 0.255 e. The predicted octanol–water partition coefficient (Wildman–Crippen LogP) is 4.73. The molecule has 0 aliphatic carbocycles. The van der Waals surface area contributed by atoms with Crippen molar-refractivity contribution in [1.82, 2.24) is 4.31 Å². The summed E-state index contributed by atoms with van der Waals surface area (Å²) in [5, 5.41) is 2.86. The second kappa shape index (κ2) is 8.67. The second-order valence-corrected chi connectivity index (χ2v) is 10.5. The van der Waals surface area contributed by atoms with Crippen LogP contribution in [0.15, 0.2) is 53.4 Å². The molecule has 1 heterocycles. The SMILES string of the molecule is CC(C)c1ccc(NC(=O)c2ccc(S(=O)(=O)N3C[C@H](C)C[C@@H](C)C3)cc2)cc1. The molecule has 0 radical (unpaired) electrons. The minimum atomic E-state index is -3.54. The summed E-state index contributed by atoms with van der Waals surface area (Å²) in [6.07, 6.45) is 1.04. The zero-order valence-electron chi connectivity index (χ0n) is 17.6. The van der Waals surface area contributed by atoms with Crippen LogP contribution >= 0.6 is 0 Å². The van der Waals surface area contributed by atoms with Crippen molar-refractivity contribution in [2.24, 2.45) is 11.8 Å². The van der Waals surface area contributed by atoms with E-state index in [1.54, 1.807) is 16.4 Å². The van der Waals surface area contributed by atoms with Gasteiger partial charge in [-0.1, -0.05) is 39.8 Å². The van der Waals surface area contributed by atoms with Gasteiger partial charge in [-0.05, 0) is 66.1 Å². The molecule has 6 heteroatoms. The lowest BCUT2D eigenvalue weighted by atomic mass is 9.94. The van der Waals surface area contributed by atoms with Gasteiger partial charge in [-0.15, -0.1) is 0 Å². The van der Waals surface area contributed by atoms with Gasteiger partial charge in [0.2, 0.25) is 10.0 Å². The highest BCUT2D eigenvalue weighted by molar-refractivity contribution is 7.89. The molecule has 5 nitrogen and oxygen atoms in total. The first kappa shape index (κ1) is 21.5. The molecule has 0 aromatic heterocycles. The number of piperidine rings is 1. The summed E-state index contributed by atoms with van der Waals surface area (Å²) >= 11 is 0. The van der Waals surface area contributed by atoms with Crippen LogP contribution in [0.1, 0.15) is 56.0 Å². The molecule has 2 atom stereocenters. The van der Waals surface area contributed by atoms with Gasteiger partial charge in [-0.2, -0.15) is 4.31 Å². The van der Waals surface area contributed by atoms with Gasteiger partial charge in [0.15, 0.2) is 0 Å². The van der Waals surface area contributed by atoms with Crippen LogP contribution in [0.2, 0.25) is 0 Å². The molecule has 3 rings (SSSR count). The lowest BCUT2D eigenvalue weighted by molar-refractivity contribution is 0.102. The molecule has 1 aliphatic rings. The number of nitrogens with one attached hydrogen (secondary N) is 1. The van der Waals surface area contributed by atoms with E-state index in [4.69, 9.17) is 0 Å². The number of benzene rings is 2. The van der Waals surface area contributed by atoms with Crippen LogP contribution in [0.4, 0.5) is 5.69 Å². The Bertz CT molecular complexity index is 941. The zero-order valence-corrected chi connectivity index (χ0v) is 18.4. The molecule has 0 spiro atoms. The Labute approximate surface area is 174 Å². The number of carbonyl (C=O) groups excluding carboxylic acids is 1. The van der Waals surface area contributed by atoms with E-state index < -0.39 is 10.0 Å². The van der Waals surface area contributed by atoms with Crippen LogP contribution in [0.25, 0.3) is 0 Å². The lowest BCUT2D eigenvalue weighted by Gasteiger charge is -2.34. The number of carbonyl (C=O) groups is 1. The number of nitrogens with zero attached hydrogens (tertiary/aromatic N) is 1. The fourth-order valence-electron chi connectivity index (χ4n) is 3.88. The minimum absolute atomic E-state index is 0.233. The molecular weight excluding hydrogens is 384 g/mol. The molecule has 2 aromatic carbocycles. The summed E-state index contributed by atoms with van der Waals surface area (Å²) in [5.74, 6) is 0.868. The monoisotopic (exact) mass is 414 g/mol. The molecule has 1 amide bonds. The summed E-state index contributed by atoms with van der Waals surface area (Å²) in [4.78, 5) is 12.7. The number of sulfonamides is 1. The normalized spacial score (nSPS) is 20.6. The maximum absolute atomic E-state index is 13.0. The summed E-state index contributed by atoms with van der Waals surface area (Å²) < 4.78 is 27.5. The minimum Gasteiger partial charge on any atom is -0.322 e. The van der Waals surface area contributed by atoms with Crippen molar-refractivity contribution in [3.05, 3.63) is 59.7 Å². The molecule has 156 valence electrons. The first-order valence-electron chi connectivity index (χ1n) is 10.2. The predicted molar refractivity (Wildman–Crippen MR) is 117 cm³/mol. The molecular formula is C23H30N2O3S. The molecule has 1 aliphatic heterocycles. The van der Waals surface area contributed by atoms with Gasteiger partial charge in [-0.3, -0.25) is 4.79 Å². The molecule has 0 unspecified atom stereocenters. The summed E-state index contributed by atoms with van der Waals surface area (Å²) in [7, 11) is -3.54. The van der Waals surface area contributed by atoms with Crippen LogP contribution in [0.3, 0.4) is 0 Å². The van der Waals surface area contributed by atoms with Gasteiger partial charge in [0.1, 0.15) is 0 Å². The highest BCUT2D eigenvalue weighted by atomic mass is 32.2. The number of amides is 1. The average molecular weight is 415 g/mol. The van der Waals surface area contributed by atoms with Crippen molar-refractivity contribution in [3.63, 3.8) is 0 Å². The Balaban J connectivity index is 1.71. The van der Waals surface area contributed by atoms with Gasteiger partial charge in [-0.25, -0.2) is 8.42 Å². The van der Waals surface area contributed by atoms with E-state index >= 15 is 0 Å². The first-order chi connectivity index (χ1) is 13.7. The van der Waals surface area contributed by atoms with Crippen LogP contribution in [0, 0.1) is 11.8 Å². The summed E-state index contributed by atoms with van der Waals surface area (Å²) in [5.41, 5.74) is 2.35. The van der Waals surface area contributed by atoms with Crippen molar-refractivity contribution in [3.8, 4) is 0 Å². The largest absolute Gasteiger partial charge is 0.322 e. The van der Waals surface area contributed by atoms with Gasteiger partial charge < -0.3 is 5.32 Å². The molecule has 1 fully saturated rings. The fraction of sp³-hybridized carbons (Fsp3) is 0.435. The zero-order chi connectivity index (χ0) is 21.2. The third-order valence-corrected chi connectivity index (χ3v) is 7.27. The van der Waals surface area contributed by atoms with Crippen molar-refractivity contribution < 1.29 is 13.2 Å². The maximum atomic E-state index is 13.0. The molecule has 29 heavy (non-hydrogen) atoms. The van der Waals surface area contributed by atoms with E-state index in [2.05, 4.69) is 33.0 Å². The Morgan fingerprint density at radius 2 is 1.52 bits per heavy atom. The Kier molecular flexibility index (Phi) is 6.44. The van der Waals surface area contributed by atoms with Crippen LogP contribution in [-0.4, -0.2) is 31.7 Å². The number of anilines is 1. The number of hydrogen-bond donors (Lipinski definition) is 1. The highest BCUT2D eigenvalue weighted by Crippen LogP contribution is 2.27. The molecule has 1 saturated heterocycles. The van der Waals surface area contributed by atoms with Crippen LogP contribution in [-0.2, 0) is 10.0 Å². The van der Waals surface area contributed by atoms with Gasteiger partial charge >= 0.3 is 0 Å². The Morgan fingerprint density at radius 3 is 2.03 bits per heavy atom. The summed E-state index contributed by atoms with van der Waals surface area (Å²) in [6.45, 7) is 9.49. The Morgan fingerprint density at radius 1 is 0.966 bits per heavy atom. The standard InChI is InChI=1S/C23H30N2O3S/c1-16(2)19-5-9-21(10-6-19)24-23(26)20-7-11-22(12-8-20)29(27,28)25-14-17(3)13-18(4)15-25/h5-12,16-18H,13-15H2,1-4H3,(H,24,26)/t17-,18-/m1/s1. The van der Waals surface area contributed by atoms with Gasteiger partial charge in [0.05, 0.1) is 4.90 Å². The third-order valence-electron chi connectivity index (χ3n) is 5.42. The first-order valence-corrected chi connectivity index (χ1v) is 11.6. The molecule has 0 saturated carbocycles. The van der Waals surface area contributed by atoms with Crippen LogP contribution < -0.4 is 5.32 Å². The van der Waals surface area contributed by atoms with E-state index in [0.29, 0.717) is 42.1 Å². The van der Waals surface area contributed by atoms with Crippen molar-refractivity contribution in [2.45, 2.75) is 44.9 Å². The lowest BCUT2D eigenvalue weighted by Crippen LogP contribution is -2.42. The summed E-state index contributed by atoms with van der Waals surface area (Å²) in [6, 6.07) is 13.9. The average Bonchev–Trinajstić information content (AvgIpc) is 2.67. The second-order valence-electron chi connectivity index (χ2n) is 8.52. The fourth-order valence-corrected chi connectivity index (χ4v) is 5.56. The highest BCUT2D eigenvalue weighted by Gasteiger charge is 2.31. The topological polar surface area (TPSA) is 66.5 Å². The van der Waals surface area contributed by atoms with Crippen LogP contribution in [0.5, 0.6) is 0 Å². The number of hydrogen-bond acceptors (Lipinski definition) is 3. The molecule has 0 bridgehead atoms. The smallest absolute Gasteiger partial charge is 0.255 e. The Hall–Kier alpha value is -2.18. The molecule has 2 aromatic rings. The molecule has 1 N–H and O–H groups in total. The van der Waals surface area contributed by atoms with E-state index in [-0.39, 0.29) is 10.8 Å². The quantitative estimate of drug-likeness (QED) is 0.769. The van der Waals surface area contributed by atoms with Gasteiger partial charge in [0, 0.05) is 24.3 Å². The van der Waals surface area contributed by atoms with E-state index in [0.717, 1.165) is 6.42 Å². The van der Waals surface area contributed by atoms with E-state index in [1.807, 2.05) is 24.3 Å². The van der Waals surface area contributed by atoms with Crippen molar-refractivity contribution >= 4 is 21.6 Å². The van der Waals surface area contributed by atoms with E-state index in [1.165, 1.54) is 17.7 Å². The van der Waals surface area contributed by atoms with E-state index in [9.17, 15) is 13.2 Å². The third kappa shape index (κ3) is 5.06. The van der Waals surface area contributed by atoms with Crippen molar-refractivity contribution in [2.75, 3.05) is 18.4 Å².